The molecule has 1 amide bonds. The zero-order valence-electron chi connectivity index (χ0n) is 14.2. The van der Waals surface area contributed by atoms with E-state index in [1.807, 2.05) is 63.2 Å². The molecule has 0 aliphatic carbocycles. The number of nitrogens with one attached hydrogen (secondary N) is 1. The molecular weight excluding hydrogens is 304 g/mol. The van der Waals surface area contributed by atoms with E-state index in [4.69, 9.17) is 9.47 Å². The lowest BCUT2D eigenvalue weighted by Crippen LogP contribution is -2.24. The van der Waals surface area contributed by atoms with Gasteiger partial charge >= 0.3 is 0 Å². The number of amides is 1. The van der Waals surface area contributed by atoms with Crippen molar-refractivity contribution in [3.63, 3.8) is 0 Å². The lowest BCUT2D eigenvalue weighted by Gasteiger charge is -2.09. The molecule has 0 atom stereocenters. The maximum absolute atomic E-state index is 11.8. The number of hydrogen-bond acceptors (Lipinski definition) is 4. The van der Waals surface area contributed by atoms with E-state index in [1.54, 1.807) is 6.21 Å². The zero-order chi connectivity index (χ0) is 17.4. The molecule has 0 aliphatic heterocycles. The molecule has 5 nitrogen and oxygen atoms in total. The fraction of sp³-hybridized carbons (Fsp3) is 0.263. The molecule has 0 saturated heterocycles. The van der Waals surface area contributed by atoms with Crippen LogP contribution in [0.3, 0.4) is 0 Å². The fourth-order valence-electron chi connectivity index (χ4n) is 2.10. The van der Waals surface area contributed by atoms with Gasteiger partial charge in [-0.05, 0) is 50.1 Å². The molecular formula is C19H22N2O3. The van der Waals surface area contributed by atoms with Gasteiger partial charge in [-0.25, -0.2) is 5.43 Å². The molecule has 1 N–H and O–H groups in total. The van der Waals surface area contributed by atoms with Gasteiger partial charge < -0.3 is 9.47 Å². The van der Waals surface area contributed by atoms with Crippen molar-refractivity contribution in [1.29, 1.82) is 0 Å². The number of para-hydroxylation sites is 1. The molecule has 0 spiro atoms. The molecule has 2 aromatic carbocycles. The normalized spacial score (nSPS) is 10.6. The average molecular weight is 326 g/mol. The van der Waals surface area contributed by atoms with Gasteiger partial charge in [0.1, 0.15) is 11.5 Å². The standard InChI is InChI=1S/C19H22N2O3/c1-4-23-18-10-6-5-9-16(18)12-20-21-19(22)13-24-17-11-7-8-14(2)15(17)3/h5-12H,4,13H2,1-3H3,(H,21,22)/b20-12-. The Morgan fingerprint density at radius 1 is 1.08 bits per heavy atom. The van der Waals surface area contributed by atoms with Crippen molar-refractivity contribution in [3.8, 4) is 11.5 Å². The number of carbonyl (C=O) groups excluding carboxylic acids is 1. The summed E-state index contributed by atoms with van der Waals surface area (Å²) in [5.41, 5.74) is 5.41. The van der Waals surface area contributed by atoms with E-state index in [9.17, 15) is 4.79 Å². The van der Waals surface area contributed by atoms with Gasteiger partial charge in [-0.1, -0.05) is 24.3 Å². The molecule has 0 bridgehead atoms. The van der Waals surface area contributed by atoms with Crippen LogP contribution in [0.1, 0.15) is 23.6 Å². The Balaban J connectivity index is 1.88. The molecule has 0 aliphatic rings. The first kappa shape index (κ1) is 17.5. The summed E-state index contributed by atoms with van der Waals surface area (Å²) < 4.78 is 11.0. The summed E-state index contributed by atoms with van der Waals surface area (Å²) in [6, 6.07) is 13.2. The maximum atomic E-state index is 11.8. The Morgan fingerprint density at radius 3 is 2.62 bits per heavy atom. The summed E-state index contributed by atoms with van der Waals surface area (Å²) in [4.78, 5) is 11.8. The average Bonchev–Trinajstić information content (AvgIpc) is 2.58. The van der Waals surface area contributed by atoms with Crippen LogP contribution in [-0.2, 0) is 4.79 Å². The van der Waals surface area contributed by atoms with Gasteiger partial charge in [-0.15, -0.1) is 0 Å². The van der Waals surface area contributed by atoms with E-state index in [2.05, 4.69) is 10.5 Å². The summed E-state index contributed by atoms with van der Waals surface area (Å²) in [6.45, 7) is 6.36. The largest absolute Gasteiger partial charge is 0.493 e. The highest BCUT2D eigenvalue weighted by Crippen LogP contribution is 2.20. The van der Waals surface area contributed by atoms with E-state index in [1.165, 1.54) is 0 Å². The summed E-state index contributed by atoms with van der Waals surface area (Å²) in [5, 5.41) is 3.95. The quantitative estimate of drug-likeness (QED) is 0.628. The second kappa shape index (κ2) is 8.72. The van der Waals surface area contributed by atoms with E-state index in [-0.39, 0.29) is 12.5 Å². The number of ether oxygens (including phenoxy) is 2. The predicted octanol–water partition coefficient (Wildman–Crippen LogP) is 3.23. The Morgan fingerprint density at radius 2 is 1.83 bits per heavy atom. The molecule has 0 radical (unpaired) electrons. The van der Waals surface area contributed by atoms with Gasteiger partial charge in [0.2, 0.25) is 0 Å². The third kappa shape index (κ3) is 4.84. The highest BCUT2D eigenvalue weighted by molar-refractivity contribution is 5.85. The molecule has 5 heteroatoms. The maximum Gasteiger partial charge on any atom is 0.277 e. The summed E-state index contributed by atoms with van der Waals surface area (Å²) >= 11 is 0. The summed E-state index contributed by atoms with van der Waals surface area (Å²) in [5.74, 6) is 1.11. The van der Waals surface area contributed by atoms with Crippen molar-refractivity contribution in [2.45, 2.75) is 20.8 Å². The third-order valence-electron chi connectivity index (χ3n) is 3.53. The third-order valence-corrected chi connectivity index (χ3v) is 3.53. The number of hydrazone groups is 1. The van der Waals surface area contributed by atoms with Crippen LogP contribution in [-0.4, -0.2) is 25.3 Å². The summed E-state index contributed by atoms with van der Waals surface area (Å²) in [6.07, 6.45) is 1.56. The first-order chi connectivity index (χ1) is 11.6. The van der Waals surface area contributed by atoms with Crippen LogP contribution in [0.5, 0.6) is 11.5 Å². The number of rotatable bonds is 7. The molecule has 2 rings (SSSR count). The number of benzene rings is 2. The van der Waals surface area contributed by atoms with Crippen LogP contribution >= 0.6 is 0 Å². The lowest BCUT2D eigenvalue weighted by molar-refractivity contribution is -0.123. The molecule has 2 aromatic rings. The van der Waals surface area contributed by atoms with Gasteiger partial charge in [-0.3, -0.25) is 4.79 Å². The second-order valence-corrected chi connectivity index (χ2v) is 5.25. The van der Waals surface area contributed by atoms with Crippen molar-refractivity contribution in [1.82, 2.24) is 5.43 Å². The Labute approximate surface area is 142 Å². The molecule has 0 saturated carbocycles. The zero-order valence-corrected chi connectivity index (χ0v) is 14.2. The predicted molar refractivity (Wildman–Crippen MR) is 94.8 cm³/mol. The Kier molecular flexibility index (Phi) is 6.37. The minimum Gasteiger partial charge on any atom is -0.493 e. The first-order valence-electron chi connectivity index (χ1n) is 7.84. The van der Waals surface area contributed by atoms with Crippen molar-refractivity contribution >= 4 is 12.1 Å². The van der Waals surface area contributed by atoms with E-state index in [0.717, 1.165) is 22.4 Å². The molecule has 0 heterocycles. The van der Waals surface area contributed by atoms with Crippen LogP contribution in [0, 0.1) is 13.8 Å². The topological polar surface area (TPSA) is 59.9 Å². The van der Waals surface area contributed by atoms with Crippen LogP contribution in [0.25, 0.3) is 0 Å². The number of carbonyl (C=O) groups is 1. The fourth-order valence-corrected chi connectivity index (χ4v) is 2.10. The number of nitrogens with zero attached hydrogens (tertiary/aromatic N) is 1. The van der Waals surface area contributed by atoms with Crippen molar-refractivity contribution in [2.24, 2.45) is 5.10 Å². The molecule has 0 fully saturated rings. The smallest absolute Gasteiger partial charge is 0.277 e. The van der Waals surface area contributed by atoms with Gasteiger partial charge in [-0.2, -0.15) is 5.10 Å². The monoisotopic (exact) mass is 326 g/mol. The van der Waals surface area contributed by atoms with Gasteiger partial charge in [0, 0.05) is 5.56 Å². The summed E-state index contributed by atoms with van der Waals surface area (Å²) in [7, 11) is 0. The van der Waals surface area contributed by atoms with Crippen LogP contribution in [0.2, 0.25) is 0 Å². The first-order valence-corrected chi connectivity index (χ1v) is 7.84. The molecule has 126 valence electrons. The molecule has 24 heavy (non-hydrogen) atoms. The second-order valence-electron chi connectivity index (χ2n) is 5.25. The minimum atomic E-state index is -0.318. The Hall–Kier alpha value is -2.82. The van der Waals surface area contributed by atoms with Gasteiger partial charge in [0.25, 0.3) is 5.91 Å². The van der Waals surface area contributed by atoms with Gasteiger partial charge in [0.15, 0.2) is 6.61 Å². The van der Waals surface area contributed by atoms with Crippen molar-refractivity contribution < 1.29 is 14.3 Å². The van der Waals surface area contributed by atoms with Crippen molar-refractivity contribution in [2.75, 3.05) is 13.2 Å². The van der Waals surface area contributed by atoms with Crippen LogP contribution < -0.4 is 14.9 Å². The molecule has 0 unspecified atom stereocenters. The number of hydrogen-bond donors (Lipinski definition) is 1. The molecule has 0 aromatic heterocycles. The van der Waals surface area contributed by atoms with Crippen molar-refractivity contribution in [3.05, 3.63) is 59.2 Å². The minimum absolute atomic E-state index is 0.0886. The highest BCUT2D eigenvalue weighted by atomic mass is 16.5. The number of aryl methyl sites for hydroxylation is 1. The van der Waals surface area contributed by atoms with Crippen LogP contribution in [0.15, 0.2) is 47.6 Å². The van der Waals surface area contributed by atoms with E-state index in [0.29, 0.717) is 12.4 Å². The van der Waals surface area contributed by atoms with Crippen LogP contribution in [0.4, 0.5) is 0 Å². The van der Waals surface area contributed by atoms with E-state index < -0.39 is 0 Å². The lowest BCUT2D eigenvalue weighted by atomic mass is 10.1. The van der Waals surface area contributed by atoms with Gasteiger partial charge in [0.05, 0.1) is 12.8 Å². The highest BCUT2D eigenvalue weighted by Gasteiger charge is 2.05. The van der Waals surface area contributed by atoms with E-state index >= 15 is 0 Å². The Bertz CT molecular complexity index is 726. The SMILES string of the molecule is CCOc1ccccc1/C=N\NC(=O)COc1cccc(C)c1C.